The van der Waals surface area contributed by atoms with E-state index < -0.39 is 116 Å². The van der Waals surface area contributed by atoms with E-state index in [9.17, 15) is 63.1 Å². The van der Waals surface area contributed by atoms with Gasteiger partial charge in [0.05, 0.1) is 22.3 Å². The Morgan fingerprint density at radius 1 is 0.609 bits per heavy atom. The molecule has 0 saturated carbocycles. The second kappa shape index (κ2) is 15.4. The quantitative estimate of drug-likeness (QED) is 0.184. The van der Waals surface area contributed by atoms with Crippen LogP contribution in [0.1, 0.15) is 116 Å². The Morgan fingerprint density at radius 2 is 0.913 bits per heavy atom. The summed E-state index contributed by atoms with van der Waals surface area (Å²) in [6.07, 6.45) is -18.3. The molecule has 256 valence electrons. The number of hydrogen-bond acceptors (Lipinski definition) is 6. The third-order valence-electron chi connectivity index (χ3n) is 5.65. The molecule has 2 rings (SSSR count). The number of carbonyl (C=O) groups excluding carboxylic acids is 2. The number of carbonyl (C=O) groups is 4. The van der Waals surface area contributed by atoms with Crippen LogP contribution < -0.4 is 0 Å². The molecule has 20 heteroatoms. The lowest BCUT2D eigenvalue weighted by Gasteiger charge is -2.20. The second-order valence-electron chi connectivity index (χ2n) is 10.1. The van der Waals surface area contributed by atoms with Gasteiger partial charge in [0.15, 0.2) is 11.4 Å². The predicted molar refractivity (Wildman–Crippen MR) is 140 cm³/mol. The topological polar surface area (TPSA) is 135 Å². The molecule has 0 fully saturated rings. The molecule has 0 amide bonds. The van der Waals surface area contributed by atoms with Gasteiger partial charge in [0.1, 0.15) is 11.4 Å². The Bertz CT molecular complexity index is 1400. The minimum atomic E-state index is -5.32. The van der Waals surface area contributed by atoms with Crippen molar-refractivity contribution in [3.63, 3.8) is 0 Å². The van der Waals surface area contributed by atoms with Crippen molar-refractivity contribution < 1.29 is 73.3 Å². The lowest BCUT2D eigenvalue weighted by Crippen LogP contribution is -2.24. The second-order valence-corrected chi connectivity index (χ2v) is 10.8. The number of carboxylic acid groups (broad SMARTS) is 2. The number of nitrogens with zero attached hydrogens (tertiary/aromatic N) is 2. The highest BCUT2D eigenvalue weighted by Gasteiger charge is 2.43. The number of carboxylic acids is 2. The first-order valence-corrected chi connectivity index (χ1v) is 13.2. The summed E-state index contributed by atoms with van der Waals surface area (Å²) < 4.78 is 130. The zero-order chi connectivity index (χ0) is 36.2. The average molecular weight is 719 g/mol. The molecule has 0 aliphatic rings. The van der Waals surface area contributed by atoms with Gasteiger partial charge in [0.25, 0.3) is 23.3 Å². The van der Waals surface area contributed by atoms with Gasteiger partial charge in [-0.3, -0.25) is 9.59 Å². The van der Waals surface area contributed by atoms with Gasteiger partial charge in [-0.05, 0) is 59.0 Å². The van der Waals surface area contributed by atoms with E-state index in [-0.39, 0.29) is 12.3 Å². The Morgan fingerprint density at radius 3 is 1.17 bits per heavy atom. The lowest BCUT2D eigenvalue weighted by atomic mass is 9.91. The summed E-state index contributed by atoms with van der Waals surface area (Å²) in [6.45, 7) is 6.07. The molecular formula is C26H22Cl2F10N2O6. The SMILES string of the molecule is CC(C)Cc1c(C(=O)Cl)c(C(F)F)nc(C(F)(F)F)c1C(=O)Cl.CC(C)Cc1c(C(=O)O)c(C(F)F)nc(C(F)(F)F)c1C(=O)O. The minimum Gasteiger partial charge on any atom is -0.478 e. The molecule has 0 spiro atoms. The standard InChI is InChI=1S/C13H10Cl2F5NO2.C13H12F5NO4/c1-4(2)3-5-6(10(14)22)8(12(16)17)21-9(13(18,19)20)7(5)11(15)23;1-4(2)3-5-6(11(20)21)8(10(14)15)19-9(13(16,17)18)7(5)12(22)23/h4,12H,3H2,1-2H3;4,10H,3H2,1-2H3,(H,20,21)(H,22,23). The first-order chi connectivity index (χ1) is 20.7. The molecule has 2 aromatic heterocycles. The van der Waals surface area contributed by atoms with Crippen LogP contribution in [0.4, 0.5) is 43.9 Å². The molecule has 0 aromatic carbocycles. The molecule has 0 unspecified atom stereocenters. The van der Waals surface area contributed by atoms with Crippen LogP contribution in [0, 0.1) is 11.8 Å². The van der Waals surface area contributed by atoms with Gasteiger partial charge in [-0.25, -0.2) is 37.1 Å². The van der Waals surface area contributed by atoms with Crippen LogP contribution in [-0.2, 0) is 25.2 Å². The van der Waals surface area contributed by atoms with Crippen LogP contribution in [-0.4, -0.2) is 42.6 Å². The van der Waals surface area contributed by atoms with Crippen molar-refractivity contribution in [2.24, 2.45) is 11.8 Å². The maximum absolute atomic E-state index is 13.1. The van der Waals surface area contributed by atoms with Crippen LogP contribution in [0.25, 0.3) is 0 Å². The number of aromatic carboxylic acids is 2. The van der Waals surface area contributed by atoms with Gasteiger partial charge < -0.3 is 10.2 Å². The third-order valence-corrected chi connectivity index (χ3v) is 6.03. The smallest absolute Gasteiger partial charge is 0.434 e. The van der Waals surface area contributed by atoms with E-state index in [1.54, 1.807) is 13.8 Å². The van der Waals surface area contributed by atoms with Gasteiger partial charge in [0.2, 0.25) is 0 Å². The fourth-order valence-corrected chi connectivity index (χ4v) is 4.57. The number of aromatic nitrogens is 2. The van der Waals surface area contributed by atoms with Crippen molar-refractivity contribution >= 4 is 45.6 Å². The van der Waals surface area contributed by atoms with Gasteiger partial charge in [-0.1, -0.05) is 27.7 Å². The highest BCUT2D eigenvalue weighted by molar-refractivity contribution is 6.69. The number of alkyl halides is 10. The predicted octanol–water partition coefficient (Wildman–Crippen LogP) is 8.63. The molecule has 0 atom stereocenters. The Labute approximate surface area is 262 Å². The largest absolute Gasteiger partial charge is 0.478 e. The van der Waals surface area contributed by atoms with Crippen molar-refractivity contribution in [1.82, 2.24) is 9.97 Å². The van der Waals surface area contributed by atoms with Gasteiger partial charge >= 0.3 is 24.3 Å². The van der Waals surface area contributed by atoms with Crippen molar-refractivity contribution in [2.45, 2.75) is 65.7 Å². The van der Waals surface area contributed by atoms with E-state index >= 15 is 0 Å². The van der Waals surface area contributed by atoms with E-state index in [1.165, 1.54) is 13.8 Å². The van der Waals surface area contributed by atoms with E-state index in [0.717, 1.165) is 0 Å². The van der Waals surface area contributed by atoms with Crippen LogP contribution in [0.5, 0.6) is 0 Å². The molecule has 0 radical (unpaired) electrons. The summed E-state index contributed by atoms with van der Waals surface area (Å²) in [6, 6.07) is 0. The van der Waals surface area contributed by atoms with Gasteiger partial charge in [-0.15, -0.1) is 0 Å². The van der Waals surface area contributed by atoms with Crippen LogP contribution in [0.3, 0.4) is 0 Å². The summed E-state index contributed by atoms with van der Waals surface area (Å²) in [5.41, 5.74) is -12.9. The van der Waals surface area contributed by atoms with Crippen LogP contribution in [0.2, 0.25) is 0 Å². The molecule has 2 aromatic rings. The first kappa shape index (κ1) is 40.5. The normalized spacial score (nSPS) is 12.1. The number of hydrogen-bond donors (Lipinski definition) is 2. The molecule has 0 bridgehead atoms. The van der Waals surface area contributed by atoms with Crippen LogP contribution >= 0.6 is 23.2 Å². The van der Waals surface area contributed by atoms with E-state index in [1.807, 2.05) is 0 Å². The maximum atomic E-state index is 13.1. The Kier molecular flexibility index (Phi) is 13.5. The van der Waals surface area contributed by atoms with E-state index in [4.69, 9.17) is 33.4 Å². The number of pyridine rings is 2. The minimum absolute atomic E-state index is 0.285. The van der Waals surface area contributed by atoms with Crippen LogP contribution in [0.15, 0.2) is 0 Å². The molecule has 46 heavy (non-hydrogen) atoms. The summed E-state index contributed by atoms with van der Waals surface area (Å²) in [5, 5.41) is 15.1. The summed E-state index contributed by atoms with van der Waals surface area (Å²) >= 11 is 10.4. The fraction of sp³-hybridized carbons (Fsp3) is 0.462. The van der Waals surface area contributed by atoms with Gasteiger partial charge in [0, 0.05) is 0 Å². The number of halogens is 12. The van der Waals surface area contributed by atoms with E-state index in [0.29, 0.717) is 0 Å². The summed E-state index contributed by atoms with van der Waals surface area (Å²) in [4.78, 5) is 50.7. The maximum Gasteiger partial charge on any atom is 0.434 e. The Hall–Kier alpha value is -3.54. The zero-order valence-corrected chi connectivity index (χ0v) is 25.2. The van der Waals surface area contributed by atoms with Crippen molar-refractivity contribution in [3.05, 3.63) is 56.2 Å². The summed E-state index contributed by atoms with van der Waals surface area (Å²) in [7, 11) is 0. The van der Waals surface area contributed by atoms with Gasteiger partial charge in [-0.2, -0.15) is 26.3 Å². The molecule has 2 N–H and O–H groups in total. The molecular weight excluding hydrogens is 697 g/mol. The van der Waals surface area contributed by atoms with E-state index in [2.05, 4.69) is 9.97 Å². The highest BCUT2D eigenvalue weighted by Crippen LogP contribution is 2.39. The Balaban J connectivity index is 0.000000460. The molecule has 0 saturated heterocycles. The van der Waals surface area contributed by atoms with Crippen molar-refractivity contribution in [1.29, 1.82) is 0 Å². The molecule has 0 aliphatic carbocycles. The van der Waals surface area contributed by atoms with Crippen molar-refractivity contribution in [2.75, 3.05) is 0 Å². The molecule has 8 nitrogen and oxygen atoms in total. The molecule has 0 aliphatic heterocycles. The fourth-order valence-electron chi connectivity index (χ4n) is 4.16. The van der Waals surface area contributed by atoms with Crippen molar-refractivity contribution in [3.8, 4) is 0 Å². The zero-order valence-electron chi connectivity index (χ0n) is 23.7. The first-order valence-electron chi connectivity index (χ1n) is 12.5. The monoisotopic (exact) mass is 718 g/mol. The summed E-state index contributed by atoms with van der Waals surface area (Å²) in [5.74, 6) is -4.88. The third kappa shape index (κ3) is 9.73. The molecule has 2 heterocycles. The highest BCUT2D eigenvalue weighted by atomic mass is 35.5. The number of rotatable bonds is 10. The average Bonchev–Trinajstić information content (AvgIpc) is 2.84. The lowest BCUT2D eigenvalue weighted by molar-refractivity contribution is -0.142.